The second-order valence-electron chi connectivity index (χ2n) is 4.56. The molecule has 0 amide bonds. The SMILES string of the molecule is CCOC(=O)c1coc(OC2CCCCC2NC)n1. The third-order valence-corrected chi connectivity index (χ3v) is 3.29. The zero-order valence-electron chi connectivity index (χ0n) is 11.3. The van der Waals surface area contributed by atoms with Crippen molar-refractivity contribution in [2.45, 2.75) is 44.8 Å². The number of hydrogen-bond donors (Lipinski definition) is 1. The quantitative estimate of drug-likeness (QED) is 0.820. The van der Waals surface area contributed by atoms with Crippen LogP contribution in [0.15, 0.2) is 10.7 Å². The van der Waals surface area contributed by atoms with Crippen molar-refractivity contribution in [2.75, 3.05) is 13.7 Å². The van der Waals surface area contributed by atoms with Crippen LogP contribution in [0.5, 0.6) is 6.08 Å². The zero-order valence-corrected chi connectivity index (χ0v) is 11.3. The molecule has 1 aliphatic rings. The molecule has 0 aliphatic heterocycles. The predicted molar refractivity (Wildman–Crippen MR) is 68.2 cm³/mol. The van der Waals surface area contributed by atoms with Gasteiger partial charge in [-0.15, -0.1) is 0 Å². The number of likely N-dealkylation sites (N-methyl/N-ethyl adjacent to an activating group) is 1. The van der Waals surface area contributed by atoms with Crippen LogP contribution in [0.3, 0.4) is 0 Å². The number of carbonyl (C=O) groups excluding carboxylic acids is 1. The van der Waals surface area contributed by atoms with Crippen LogP contribution in [0.2, 0.25) is 0 Å². The normalized spacial score (nSPS) is 23.1. The number of esters is 1. The fourth-order valence-electron chi connectivity index (χ4n) is 2.31. The van der Waals surface area contributed by atoms with Crippen molar-refractivity contribution in [2.24, 2.45) is 0 Å². The maximum absolute atomic E-state index is 11.5. The molecule has 1 aromatic heterocycles. The molecule has 1 fully saturated rings. The molecule has 0 radical (unpaired) electrons. The van der Waals surface area contributed by atoms with Gasteiger partial charge in [0, 0.05) is 6.04 Å². The van der Waals surface area contributed by atoms with Crippen LogP contribution in [-0.2, 0) is 4.74 Å². The Labute approximate surface area is 112 Å². The van der Waals surface area contributed by atoms with Crippen LogP contribution >= 0.6 is 0 Å². The van der Waals surface area contributed by atoms with E-state index in [4.69, 9.17) is 13.9 Å². The molecule has 1 N–H and O–H groups in total. The fraction of sp³-hybridized carbons (Fsp3) is 0.692. The van der Waals surface area contributed by atoms with E-state index in [9.17, 15) is 4.79 Å². The van der Waals surface area contributed by atoms with Crippen molar-refractivity contribution in [3.8, 4) is 6.08 Å². The summed E-state index contributed by atoms with van der Waals surface area (Å²) >= 11 is 0. The molecule has 1 aliphatic carbocycles. The first kappa shape index (κ1) is 13.9. The summed E-state index contributed by atoms with van der Waals surface area (Å²) in [5.74, 6) is -0.491. The van der Waals surface area contributed by atoms with Crippen molar-refractivity contribution in [3.63, 3.8) is 0 Å². The number of carbonyl (C=O) groups is 1. The second-order valence-corrected chi connectivity index (χ2v) is 4.56. The maximum atomic E-state index is 11.5. The highest BCUT2D eigenvalue weighted by Gasteiger charge is 2.27. The van der Waals surface area contributed by atoms with Gasteiger partial charge in [-0.25, -0.2) is 4.79 Å². The lowest BCUT2D eigenvalue weighted by Gasteiger charge is -2.30. The van der Waals surface area contributed by atoms with E-state index in [1.165, 1.54) is 12.7 Å². The summed E-state index contributed by atoms with van der Waals surface area (Å²) in [4.78, 5) is 15.5. The second kappa shape index (κ2) is 6.56. The summed E-state index contributed by atoms with van der Waals surface area (Å²) < 4.78 is 15.7. The standard InChI is InChI=1S/C13H20N2O4/c1-3-17-12(16)10-8-18-13(15-10)19-11-7-5-4-6-9(11)14-2/h8-9,11,14H,3-7H2,1-2H3. The lowest BCUT2D eigenvalue weighted by atomic mass is 9.93. The van der Waals surface area contributed by atoms with E-state index in [1.54, 1.807) is 6.92 Å². The molecule has 1 saturated carbocycles. The van der Waals surface area contributed by atoms with Crippen molar-refractivity contribution < 1.29 is 18.7 Å². The summed E-state index contributed by atoms with van der Waals surface area (Å²) in [5, 5.41) is 3.24. The number of nitrogens with one attached hydrogen (secondary N) is 1. The zero-order chi connectivity index (χ0) is 13.7. The fourth-order valence-corrected chi connectivity index (χ4v) is 2.31. The van der Waals surface area contributed by atoms with E-state index in [0.29, 0.717) is 12.6 Å². The van der Waals surface area contributed by atoms with Gasteiger partial charge in [-0.1, -0.05) is 6.42 Å². The van der Waals surface area contributed by atoms with Crippen LogP contribution in [0.1, 0.15) is 43.1 Å². The van der Waals surface area contributed by atoms with E-state index in [-0.39, 0.29) is 17.9 Å². The predicted octanol–water partition coefficient (Wildman–Crippen LogP) is 1.76. The van der Waals surface area contributed by atoms with E-state index in [1.807, 2.05) is 7.05 Å². The van der Waals surface area contributed by atoms with E-state index in [2.05, 4.69) is 10.3 Å². The van der Waals surface area contributed by atoms with Gasteiger partial charge in [0.1, 0.15) is 12.4 Å². The first-order valence-corrected chi connectivity index (χ1v) is 6.71. The Kier molecular flexibility index (Phi) is 4.79. The molecule has 2 atom stereocenters. The Balaban J connectivity index is 1.97. The van der Waals surface area contributed by atoms with Gasteiger partial charge in [0.15, 0.2) is 5.69 Å². The lowest BCUT2D eigenvalue weighted by Crippen LogP contribution is -2.43. The highest BCUT2D eigenvalue weighted by molar-refractivity contribution is 5.86. The Morgan fingerprint density at radius 2 is 2.32 bits per heavy atom. The topological polar surface area (TPSA) is 73.6 Å². The van der Waals surface area contributed by atoms with Gasteiger partial charge in [0.05, 0.1) is 6.61 Å². The molecule has 6 nitrogen and oxygen atoms in total. The van der Waals surface area contributed by atoms with Crippen LogP contribution in [-0.4, -0.2) is 36.8 Å². The summed E-state index contributed by atoms with van der Waals surface area (Å²) in [7, 11) is 1.92. The molecule has 1 heterocycles. The maximum Gasteiger partial charge on any atom is 0.394 e. The van der Waals surface area contributed by atoms with Gasteiger partial charge in [-0.3, -0.25) is 0 Å². The van der Waals surface area contributed by atoms with Gasteiger partial charge in [0.25, 0.3) is 0 Å². The van der Waals surface area contributed by atoms with Gasteiger partial charge in [-0.05, 0) is 33.2 Å². The minimum Gasteiger partial charge on any atom is -0.461 e. The van der Waals surface area contributed by atoms with E-state index in [0.717, 1.165) is 19.3 Å². The van der Waals surface area contributed by atoms with E-state index < -0.39 is 5.97 Å². The van der Waals surface area contributed by atoms with Crippen molar-refractivity contribution in [1.82, 2.24) is 10.3 Å². The molecule has 2 unspecified atom stereocenters. The Morgan fingerprint density at radius 3 is 3.05 bits per heavy atom. The number of nitrogens with zero attached hydrogens (tertiary/aromatic N) is 1. The highest BCUT2D eigenvalue weighted by Crippen LogP contribution is 2.23. The number of aromatic nitrogens is 1. The molecule has 0 bridgehead atoms. The molecule has 1 aromatic rings. The van der Waals surface area contributed by atoms with Crippen LogP contribution in [0.25, 0.3) is 0 Å². The van der Waals surface area contributed by atoms with Gasteiger partial charge in [-0.2, -0.15) is 4.98 Å². The van der Waals surface area contributed by atoms with Crippen LogP contribution in [0.4, 0.5) is 0 Å². The molecule has 2 rings (SSSR count). The summed E-state index contributed by atoms with van der Waals surface area (Å²) in [5.41, 5.74) is 0.147. The van der Waals surface area contributed by atoms with Crippen molar-refractivity contribution in [3.05, 3.63) is 12.0 Å². The molecule has 106 valence electrons. The van der Waals surface area contributed by atoms with Crippen molar-refractivity contribution >= 4 is 5.97 Å². The highest BCUT2D eigenvalue weighted by atomic mass is 16.6. The van der Waals surface area contributed by atoms with Gasteiger partial charge in [0.2, 0.25) is 0 Å². The molecular formula is C13H20N2O4. The average molecular weight is 268 g/mol. The van der Waals surface area contributed by atoms with Gasteiger partial charge < -0.3 is 19.2 Å². The third kappa shape index (κ3) is 3.47. The van der Waals surface area contributed by atoms with Crippen molar-refractivity contribution in [1.29, 1.82) is 0 Å². The summed E-state index contributed by atoms with van der Waals surface area (Å²) in [6.45, 7) is 2.06. The minimum atomic E-state index is -0.491. The Hall–Kier alpha value is -1.56. The van der Waals surface area contributed by atoms with Gasteiger partial charge >= 0.3 is 12.0 Å². The molecular weight excluding hydrogens is 248 g/mol. The number of oxazole rings is 1. The molecule has 19 heavy (non-hydrogen) atoms. The number of ether oxygens (including phenoxy) is 2. The Bertz CT molecular complexity index is 419. The number of hydrogen-bond acceptors (Lipinski definition) is 6. The smallest absolute Gasteiger partial charge is 0.394 e. The Morgan fingerprint density at radius 1 is 1.53 bits per heavy atom. The minimum absolute atomic E-state index is 0.0347. The first-order valence-electron chi connectivity index (χ1n) is 6.71. The summed E-state index contributed by atoms with van der Waals surface area (Å²) in [6, 6.07) is 0.298. The molecule has 6 heteroatoms. The van der Waals surface area contributed by atoms with E-state index >= 15 is 0 Å². The van der Waals surface area contributed by atoms with Crippen LogP contribution in [0, 0.1) is 0 Å². The lowest BCUT2D eigenvalue weighted by molar-refractivity contribution is 0.0518. The molecule has 0 saturated heterocycles. The first-order chi connectivity index (χ1) is 9.24. The monoisotopic (exact) mass is 268 g/mol. The largest absolute Gasteiger partial charge is 0.461 e. The average Bonchev–Trinajstić information content (AvgIpc) is 2.88. The molecule has 0 aromatic carbocycles. The number of rotatable bonds is 5. The molecule has 0 spiro atoms. The summed E-state index contributed by atoms with van der Waals surface area (Å²) in [6.07, 6.45) is 5.81. The third-order valence-electron chi connectivity index (χ3n) is 3.29. The van der Waals surface area contributed by atoms with Crippen LogP contribution < -0.4 is 10.1 Å².